The Kier molecular flexibility index (Phi) is 6.67. The Labute approximate surface area is 159 Å². The van der Waals surface area contributed by atoms with Crippen molar-refractivity contribution in [3.8, 4) is 5.75 Å². The van der Waals surface area contributed by atoms with E-state index in [2.05, 4.69) is 0 Å². The lowest BCUT2D eigenvalue weighted by molar-refractivity contribution is 0.0671. The van der Waals surface area contributed by atoms with Crippen LogP contribution in [0.3, 0.4) is 0 Å². The van der Waals surface area contributed by atoms with Crippen LogP contribution in [0, 0.1) is 0 Å². The molecule has 0 bridgehead atoms. The zero-order valence-electron chi connectivity index (χ0n) is 15.0. The first-order valence-corrected chi connectivity index (χ1v) is 10.4. The lowest BCUT2D eigenvalue weighted by atomic mass is 10.1. The molecule has 7 heteroatoms. The molecule has 0 unspecified atom stereocenters. The number of carbonyl (C=O) groups excluding carboxylic acids is 1. The van der Waals surface area contributed by atoms with E-state index in [-0.39, 0.29) is 17.7 Å². The Hall–Kier alpha value is -2.05. The van der Waals surface area contributed by atoms with Gasteiger partial charge >= 0.3 is 10.1 Å². The molecule has 0 radical (unpaired) electrons. The van der Waals surface area contributed by atoms with Gasteiger partial charge in [0, 0.05) is 23.2 Å². The van der Waals surface area contributed by atoms with Gasteiger partial charge in [0.05, 0.1) is 6.26 Å². The van der Waals surface area contributed by atoms with Gasteiger partial charge in [0.25, 0.3) is 5.91 Å². The molecule has 0 aliphatic rings. The van der Waals surface area contributed by atoms with Crippen molar-refractivity contribution in [3.05, 3.63) is 64.7 Å². The molecule has 0 aliphatic heterocycles. The quantitative estimate of drug-likeness (QED) is 0.661. The van der Waals surface area contributed by atoms with E-state index in [1.807, 2.05) is 19.9 Å². The van der Waals surface area contributed by atoms with E-state index < -0.39 is 10.1 Å². The van der Waals surface area contributed by atoms with Crippen LogP contribution >= 0.6 is 11.6 Å². The maximum atomic E-state index is 12.9. The summed E-state index contributed by atoms with van der Waals surface area (Å²) in [6.45, 7) is 4.33. The van der Waals surface area contributed by atoms with Gasteiger partial charge in [0.2, 0.25) is 0 Å². The topological polar surface area (TPSA) is 63.7 Å². The molecule has 2 aromatic rings. The molecule has 2 rings (SSSR count). The molecule has 0 saturated heterocycles. The number of nitrogens with zero attached hydrogens (tertiary/aromatic N) is 1. The monoisotopic (exact) mass is 395 g/mol. The summed E-state index contributed by atoms with van der Waals surface area (Å²) in [5, 5.41) is 0.572. The van der Waals surface area contributed by atoms with Crippen molar-refractivity contribution in [1.29, 1.82) is 0 Å². The first-order valence-electron chi connectivity index (χ1n) is 8.24. The number of rotatable bonds is 7. The van der Waals surface area contributed by atoms with Gasteiger partial charge in [0.1, 0.15) is 5.75 Å². The molecule has 1 amide bonds. The average Bonchev–Trinajstić information content (AvgIpc) is 2.58. The van der Waals surface area contributed by atoms with Crippen LogP contribution in [0.15, 0.2) is 48.5 Å². The normalized spacial score (nSPS) is 12.5. The Bertz CT molecular complexity index is 865. The van der Waals surface area contributed by atoms with Crippen LogP contribution in [0.1, 0.15) is 36.2 Å². The van der Waals surface area contributed by atoms with Crippen molar-refractivity contribution in [3.63, 3.8) is 0 Å². The molecule has 0 heterocycles. The Morgan fingerprint density at radius 2 is 1.85 bits per heavy atom. The third-order valence-electron chi connectivity index (χ3n) is 3.97. The van der Waals surface area contributed by atoms with Gasteiger partial charge in [0.15, 0.2) is 0 Å². The van der Waals surface area contributed by atoms with Gasteiger partial charge in [-0.05, 0) is 55.3 Å². The number of hydrogen-bond acceptors (Lipinski definition) is 4. The first-order chi connectivity index (χ1) is 12.2. The van der Waals surface area contributed by atoms with Gasteiger partial charge in [-0.2, -0.15) is 8.42 Å². The third kappa shape index (κ3) is 5.75. The summed E-state index contributed by atoms with van der Waals surface area (Å²) in [5.74, 6) is 0.124. The van der Waals surface area contributed by atoms with Crippen molar-refractivity contribution in [2.45, 2.75) is 32.9 Å². The molecular weight excluding hydrogens is 374 g/mol. The van der Waals surface area contributed by atoms with Gasteiger partial charge in [-0.3, -0.25) is 4.79 Å². The van der Waals surface area contributed by atoms with Crippen molar-refractivity contribution >= 4 is 27.6 Å². The maximum absolute atomic E-state index is 12.9. The zero-order chi connectivity index (χ0) is 19.3. The van der Waals surface area contributed by atoms with E-state index in [1.165, 1.54) is 0 Å². The Morgan fingerprint density at radius 1 is 1.19 bits per heavy atom. The second kappa shape index (κ2) is 8.56. The first kappa shape index (κ1) is 20.3. The van der Waals surface area contributed by atoms with Gasteiger partial charge in [-0.1, -0.05) is 30.7 Å². The van der Waals surface area contributed by atoms with Crippen molar-refractivity contribution in [2.24, 2.45) is 0 Å². The molecule has 0 saturated carbocycles. The van der Waals surface area contributed by atoms with Crippen LogP contribution in [-0.2, 0) is 16.7 Å². The van der Waals surface area contributed by atoms with Crippen LogP contribution < -0.4 is 4.18 Å². The highest BCUT2D eigenvalue weighted by molar-refractivity contribution is 7.86. The number of halogens is 1. The number of benzene rings is 2. The third-order valence-corrected chi connectivity index (χ3v) is 4.72. The largest absolute Gasteiger partial charge is 0.383 e. The second-order valence-electron chi connectivity index (χ2n) is 6.13. The summed E-state index contributed by atoms with van der Waals surface area (Å²) >= 11 is 5.90. The molecular formula is C19H22ClNO4S. The Morgan fingerprint density at radius 3 is 2.42 bits per heavy atom. The molecule has 2 aromatic carbocycles. The van der Waals surface area contributed by atoms with E-state index in [1.54, 1.807) is 47.4 Å². The Balaban J connectivity index is 2.27. The predicted octanol–water partition coefficient (Wildman–Crippen LogP) is 4.12. The lowest BCUT2D eigenvalue weighted by Gasteiger charge is -2.29. The summed E-state index contributed by atoms with van der Waals surface area (Å²) in [6.07, 6.45) is 1.79. The van der Waals surface area contributed by atoms with Gasteiger partial charge in [-0.15, -0.1) is 0 Å². The molecule has 140 valence electrons. The number of carbonyl (C=O) groups is 1. The van der Waals surface area contributed by atoms with Crippen LogP contribution in [0.2, 0.25) is 5.02 Å². The molecule has 1 atom stereocenters. The fraction of sp³-hybridized carbons (Fsp3) is 0.316. The van der Waals surface area contributed by atoms with E-state index >= 15 is 0 Å². The minimum atomic E-state index is -3.60. The van der Waals surface area contributed by atoms with E-state index in [0.29, 0.717) is 17.1 Å². The van der Waals surface area contributed by atoms with Crippen LogP contribution in [-0.4, -0.2) is 31.5 Å². The molecule has 0 aliphatic carbocycles. The number of hydrogen-bond donors (Lipinski definition) is 0. The fourth-order valence-corrected chi connectivity index (χ4v) is 3.05. The van der Waals surface area contributed by atoms with Crippen LogP contribution in [0.5, 0.6) is 5.75 Å². The fourth-order valence-electron chi connectivity index (χ4n) is 2.47. The summed E-state index contributed by atoms with van der Waals surface area (Å²) < 4.78 is 27.5. The summed E-state index contributed by atoms with van der Waals surface area (Å²) in [5.41, 5.74) is 1.34. The molecule has 0 N–H and O–H groups in total. The molecule has 26 heavy (non-hydrogen) atoms. The highest BCUT2D eigenvalue weighted by atomic mass is 35.5. The minimum absolute atomic E-state index is 0.0117. The van der Waals surface area contributed by atoms with Crippen LogP contribution in [0.25, 0.3) is 0 Å². The number of amides is 1. The highest BCUT2D eigenvalue weighted by Crippen LogP contribution is 2.20. The molecule has 5 nitrogen and oxygen atoms in total. The molecule has 0 fully saturated rings. The van der Waals surface area contributed by atoms with Crippen molar-refractivity contribution in [1.82, 2.24) is 4.90 Å². The smallest absolute Gasteiger partial charge is 0.306 e. The summed E-state index contributed by atoms with van der Waals surface area (Å²) in [4.78, 5) is 14.7. The zero-order valence-corrected chi connectivity index (χ0v) is 16.5. The van der Waals surface area contributed by atoms with Crippen molar-refractivity contribution < 1.29 is 17.4 Å². The minimum Gasteiger partial charge on any atom is -0.383 e. The van der Waals surface area contributed by atoms with Gasteiger partial charge < -0.3 is 9.08 Å². The summed E-state index contributed by atoms with van der Waals surface area (Å²) in [6, 6.07) is 13.5. The SMILES string of the molecule is CC[C@@H](C)N(Cc1cccc(OS(C)(=O)=O)c1)C(=O)c1ccc(Cl)cc1. The standard InChI is InChI=1S/C19H22ClNO4S/c1-4-14(2)21(19(22)16-8-10-17(20)11-9-16)13-15-6-5-7-18(12-15)25-26(3,23)24/h5-12,14H,4,13H2,1-3H3/t14-/m1/s1. The maximum Gasteiger partial charge on any atom is 0.306 e. The van der Waals surface area contributed by atoms with E-state index in [0.717, 1.165) is 18.2 Å². The van der Waals surface area contributed by atoms with E-state index in [4.69, 9.17) is 15.8 Å². The van der Waals surface area contributed by atoms with E-state index in [9.17, 15) is 13.2 Å². The molecule has 0 aromatic heterocycles. The highest BCUT2D eigenvalue weighted by Gasteiger charge is 2.21. The predicted molar refractivity (Wildman–Crippen MR) is 103 cm³/mol. The second-order valence-corrected chi connectivity index (χ2v) is 8.14. The van der Waals surface area contributed by atoms with Crippen LogP contribution in [0.4, 0.5) is 0 Å². The summed E-state index contributed by atoms with van der Waals surface area (Å²) in [7, 11) is -3.60. The lowest BCUT2D eigenvalue weighted by Crippen LogP contribution is -2.37. The van der Waals surface area contributed by atoms with Gasteiger partial charge in [-0.25, -0.2) is 0 Å². The average molecular weight is 396 g/mol. The van der Waals surface area contributed by atoms with Crippen molar-refractivity contribution in [2.75, 3.05) is 6.26 Å². The molecule has 0 spiro atoms.